The second kappa shape index (κ2) is 40.9. The zero-order valence-electron chi connectivity index (χ0n) is 58.7. The molecule has 22 heteroatoms. The lowest BCUT2D eigenvalue weighted by Crippen LogP contribution is -2.49. The predicted molar refractivity (Wildman–Crippen MR) is 368 cm³/mol. The Morgan fingerprint density at radius 1 is 0.729 bits per heavy atom. The SMILES string of the molecule is CCOC(=O)[C@@H](C)C[C@H](Cc1ccccc1)NC(=O)c1csc([C@@H](C[C@H](C(C)C)N(C)C(=O)[C@@H](CC(=O)[C@H]2CCCCN2CCCCCCNC(=O)OCc2ccc(CC(=O)[C@H](C)NC(=O)[C@@H](CC(=O)CCCCCN3C(=O)C=CC3=O)C(C)C)cc2)[C@@H](C)CC)OC(C)=O)n1. The molecule has 2 aliphatic rings. The molecular formula is C74H107N7O14S. The van der Waals surface area contributed by atoms with Crippen LogP contribution >= 0.6 is 11.3 Å². The van der Waals surface area contributed by atoms with Gasteiger partial charge >= 0.3 is 18.0 Å². The number of unbranched alkanes of at least 4 members (excludes halogenated alkanes) is 5. The predicted octanol–water partition coefficient (Wildman–Crippen LogP) is 10.8. The summed E-state index contributed by atoms with van der Waals surface area (Å²) in [7, 11) is 1.76. The lowest BCUT2D eigenvalue weighted by Gasteiger charge is -2.38. The third-order valence-corrected chi connectivity index (χ3v) is 19.5. The third kappa shape index (κ3) is 26.2. The van der Waals surface area contributed by atoms with Crippen LogP contribution in [0.15, 0.2) is 72.1 Å². The molecule has 5 rings (SSSR count). The minimum absolute atomic E-state index is 0.0366. The van der Waals surface area contributed by atoms with Crippen molar-refractivity contribution in [3.63, 3.8) is 0 Å². The van der Waals surface area contributed by atoms with Crippen molar-refractivity contribution in [1.29, 1.82) is 0 Å². The van der Waals surface area contributed by atoms with E-state index in [0.29, 0.717) is 56.6 Å². The molecule has 21 nitrogen and oxygen atoms in total. The Hall–Kier alpha value is -7.46. The lowest BCUT2D eigenvalue weighted by atomic mass is 9.82. The number of nitrogens with zero attached hydrogens (tertiary/aromatic N) is 4. The maximum Gasteiger partial charge on any atom is 0.407 e. The van der Waals surface area contributed by atoms with Crippen molar-refractivity contribution in [3.8, 4) is 0 Å². The van der Waals surface area contributed by atoms with E-state index < -0.39 is 60.0 Å². The second-order valence-electron chi connectivity index (χ2n) is 26.8. The molecule has 9 atom stereocenters. The van der Waals surface area contributed by atoms with Crippen molar-refractivity contribution in [2.45, 2.75) is 222 Å². The van der Waals surface area contributed by atoms with Crippen molar-refractivity contribution in [1.82, 2.24) is 35.6 Å². The number of carbonyl (C=O) groups is 11. The number of nitrogens with one attached hydrogen (secondary N) is 3. The number of piperidine rings is 1. The highest BCUT2D eigenvalue weighted by molar-refractivity contribution is 7.09. The quantitative estimate of drug-likeness (QED) is 0.0206. The Kier molecular flexibility index (Phi) is 33.8. The van der Waals surface area contributed by atoms with Crippen molar-refractivity contribution in [2.75, 3.05) is 39.8 Å². The van der Waals surface area contributed by atoms with Crippen LogP contribution in [0.5, 0.6) is 0 Å². The van der Waals surface area contributed by atoms with Gasteiger partial charge in [-0.1, -0.05) is 135 Å². The number of ether oxygens (including phenoxy) is 3. The molecule has 0 saturated carbocycles. The zero-order chi connectivity index (χ0) is 70.4. The molecule has 6 amide bonds. The summed E-state index contributed by atoms with van der Waals surface area (Å²) in [6.07, 6.45) is 11.2. The van der Waals surface area contributed by atoms with Gasteiger partial charge in [0, 0.05) is 101 Å². The third-order valence-electron chi connectivity index (χ3n) is 18.5. The van der Waals surface area contributed by atoms with Crippen molar-refractivity contribution in [3.05, 3.63) is 99.5 Å². The highest BCUT2D eigenvalue weighted by Gasteiger charge is 2.39. The minimum Gasteiger partial charge on any atom is -0.466 e. The van der Waals surface area contributed by atoms with Gasteiger partial charge in [0.05, 0.1) is 24.6 Å². The van der Waals surface area contributed by atoms with Crippen molar-refractivity contribution in [2.24, 2.45) is 35.5 Å². The van der Waals surface area contributed by atoms with Gasteiger partial charge in [0.2, 0.25) is 11.8 Å². The number of Topliss-reactive ketones (excluding diaryl/α,β-unsaturated/α-hetero) is 3. The number of imide groups is 1. The largest absolute Gasteiger partial charge is 0.466 e. The Morgan fingerprint density at radius 2 is 1.40 bits per heavy atom. The van der Waals surface area contributed by atoms with Crippen LogP contribution in [0, 0.1) is 35.5 Å². The van der Waals surface area contributed by atoms with E-state index in [4.69, 9.17) is 19.2 Å². The minimum atomic E-state index is -0.869. The molecule has 2 aliphatic heterocycles. The Bertz CT molecular complexity index is 3060. The number of aromatic nitrogens is 1. The van der Waals surface area contributed by atoms with E-state index in [1.807, 2.05) is 71.9 Å². The molecule has 1 fully saturated rings. The van der Waals surface area contributed by atoms with Gasteiger partial charge in [0.25, 0.3) is 17.7 Å². The second-order valence-corrected chi connectivity index (χ2v) is 27.7. The molecule has 1 aromatic heterocycles. The number of esters is 2. The van der Waals surface area contributed by atoms with Gasteiger partial charge in [-0.2, -0.15) is 0 Å². The molecule has 1 saturated heterocycles. The zero-order valence-corrected chi connectivity index (χ0v) is 59.5. The fourth-order valence-electron chi connectivity index (χ4n) is 12.5. The number of hydrogen-bond acceptors (Lipinski definition) is 17. The molecule has 96 heavy (non-hydrogen) atoms. The summed E-state index contributed by atoms with van der Waals surface area (Å²) in [6.45, 7) is 20.8. The Morgan fingerprint density at radius 3 is 2.05 bits per heavy atom. The molecule has 0 spiro atoms. The van der Waals surface area contributed by atoms with Gasteiger partial charge in [-0.25, -0.2) is 9.78 Å². The summed E-state index contributed by atoms with van der Waals surface area (Å²) >= 11 is 1.20. The fourth-order valence-corrected chi connectivity index (χ4v) is 13.3. The van der Waals surface area contributed by atoms with Crippen LogP contribution in [-0.4, -0.2) is 149 Å². The first-order valence-electron chi connectivity index (χ1n) is 34.8. The first-order chi connectivity index (χ1) is 45.8. The van der Waals surface area contributed by atoms with Crippen LogP contribution in [0.3, 0.4) is 0 Å². The maximum atomic E-state index is 14.8. The number of benzene rings is 2. The van der Waals surface area contributed by atoms with E-state index in [1.54, 1.807) is 62.4 Å². The molecule has 0 radical (unpaired) electrons. The first-order valence-corrected chi connectivity index (χ1v) is 35.7. The van der Waals surface area contributed by atoms with Gasteiger partial charge in [-0.05, 0) is 113 Å². The lowest BCUT2D eigenvalue weighted by molar-refractivity contribution is -0.150. The number of hydrogen-bond donors (Lipinski definition) is 3. The van der Waals surface area contributed by atoms with Crippen LogP contribution < -0.4 is 16.0 Å². The Labute approximate surface area is 572 Å². The maximum absolute atomic E-state index is 14.8. The molecular weight excluding hydrogens is 1240 g/mol. The fraction of sp³-hybridized carbons (Fsp3) is 0.622. The van der Waals surface area contributed by atoms with Gasteiger partial charge in [0.1, 0.15) is 23.1 Å². The standard InChI is InChI=1S/C74H107N7O14S/c1-12-50(7)60(72(90)79(11)63(49(5)6)45-66(95-53(10)82)71-78-61(47-96-71)70(89)77-57(40-51(8)73(91)93-13-2)41-54-26-18-16-19-27-54)44-65(85)62-29-21-25-38-80(62)37-23-15-14-22-36-75-74(92)94-46-56-32-30-55(31-33-56)42-64(84)52(9)76-69(88)59(48(3)4)43-58(83)28-20-17-24-39-81-67(86)34-35-68(81)87/h16,18-19,26-27,30-35,47-52,57,59-60,62-63,66H,12-15,17,20-25,28-29,36-46H2,1-11H3,(H,75,92)(H,76,88)(H,77,89)/t50-,51-,52-,57+,59-,60-,62+,63+,66+/m0/s1. The van der Waals surface area contributed by atoms with E-state index in [2.05, 4.69) is 20.9 Å². The van der Waals surface area contributed by atoms with Gasteiger partial charge in [-0.3, -0.25) is 57.7 Å². The highest BCUT2D eigenvalue weighted by Crippen LogP contribution is 2.34. The molecule has 3 N–H and O–H groups in total. The van der Waals surface area contributed by atoms with Crippen LogP contribution in [-0.2, 0) is 76.8 Å². The summed E-state index contributed by atoms with van der Waals surface area (Å²) in [6, 6.07) is 14.9. The summed E-state index contributed by atoms with van der Waals surface area (Å²) < 4.78 is 16.6. The molecule has 3 aromatic rings. The number of ketones is 3. The average Bonchev–Trinajstić information content (AvgIpc) is 1.51. The van der Waals surface area contributed by atoms with Gasteiger partial charge in [0.15, 0.2) is 17.7 Å². The molecule has 0 aliphatic carbocycles. The molecule has 0 unspecified atom stereocenters. The molecule has 0 bridgehead atoms. The summed E-state index contributed by atoms with van der Waals surface area (Å²) in [4.78, 5) is 154. The van der Waals surface area contributed by atoms with Gasteiger partial charge < -0.3 is 35.1 Å². The van der Waals surface area contributed by atoms with Crippen LogP contribution in [0.2, 0.25) is 0 Å². The average molecular weight is 1350 g/mol. The van der Waals surface area contributed by atoms with E-state index in [0.717, 1.165) is 74.7 Å². The Balaban J connectivity index is 1.03. The van der Waals surface area contributed by atoms with Crippen molar-refractivity contribution >= 4 is 76.3 Å². The van der Waals surface area contributed by atoms with E-state index in [9.17, 15) is 52.7 Å². The van der Waals surface area contributed by atoms with Crippen molar-refractivity contribution < 1.29 is 67.0 Å². The summed E-state index contributed by atoms with van der Waals surface area (Å²) in [5.74, 6) is -4.59. The number of rotatable bonds is 43. The van der Waals surface area contributed by atoms with Crippen LogP contribution in [0.25, 0.3) is 0 Å². The van der Waals surface area contributed by atoms with E-state index >= 15 is 0 Å². The molecule has 2 aromatic carbocycles. The monoisotopic (exact) mass is 1350 g/mol. The highest BCUT2D eigenvalue weighted by atomic mass is 32.1. The number of carbonyl (C=O) groups excluding carboxylic acids is 11. The molecule has 3 heterocycles. The number of thiazole rings is 1. The van der Waals surface area contributed by atoms with Crippen LogP contribution in [0.1, 0.15) is 210 Å². The smallest absolute Gasteiger partial charge is 0.407 e. The van der Waals surface area contributed by atoms with E-state index in [-0.39, 0.29) is 122 Å². The van der Waals surface area contributed by atoms with E-state index in [1.165, 1.54) is 35.3 Å². The summed E-state index contributed by atoms with van der Waals surface area (Å²) in [5, 5.41) is 10.8. The number of likely N-dealkylation sites (tertiary alicyclic amines) is 1. The van der Waals surface area contributed by atoms with Gasteiger partial charge in [-0.15, -0.1) is 11.3 Å². The summed E-state index contributed by atoms with van der Waals surface area (Å²) in [5.41, 5.74) is 2.61. The first kappa shape index (κ1) is 79.2. The van der Waals surface area contributed by atoms with Crippen LogP contribution in [0.4, 0.5) is 4.79 Å². The topological polar surface area (TPSA) is 274 Å². The normalized spacial score (nSPS) is 16.6. The number of alkyl carbamates (subject to hydrolysis) is 1. The molecule has 528 valence electrons. The number of amides is 6.